The number of carbonyl (C=O) groups excluding carboxylic acids is 2. The molecule has 0 aromatic heterocycles. The minimum atomic E-state index is -0.515. The Balaban J connectivity index is 1.60. The molecule has 1 amide bonds. The van der Waals surface area contributed by atoms with Crippen LogP contribution in [0, 0.1) is 17.2 Å². The zero-order valence-corrected chi connectivity index (χ0v) is 15.2. The molecule has 0 aliphatic carbocycles. The number of para-hydroxylation sites is 1. The summed E-state index contributed by atoms with van der Waals surface area (Å²) in [5.74, 6) is -0.788. The van der Waals surface area contributed by atoms with Gasteiger partial charge in [0.05, 0.1) is 12.0 Å². The summed E-state index contributed by atoms with van der Waals surface area (Å²) in [4.78, 5) is 26.0. The van der Waals surface area contributed by atoms with E-state index in [2.05, 4.69) is 0 Å². The van der Waals surface area contributed by atoms with Crippen LogP contribution in [0.3, 0.4) is 0 Å². The molecule has 1 heterocycles. The molecule has 3 rings (SSSR count). The molecule has 0 saturated carbocycles. The van der Waals surface area contributed by atoms with Crippen molar-refractivity contribution >= 4 is 29.2 Å². The van der Waals surface area contributed by atoms with Gasteiger partial charge in [0.1, 0.15) is 18.9 Å². The van der Waals surface area contributed by atoms with E-state index in [0.29, 0.717) is 22.9 Å². The van der Waals surface area contributed by atoms with Crippen LogP contribution in [-0.2, 0) is 20.7 Å². The summed E-state index contributed by atoms with van der Waals surface area (Å²) in [7, 11) is 0. The third-order valence-electron chi connectivity index (χ3n) is 4.20. The van der Waals surface area contributed by atoms with Gasteiger partial charge in [-0.15, -0.1) is 0 Å². The third kappa shape index (κ3) is 4.57. The molecule has 0 fully saturated rings. The molecule has 0 bridgehead atoms. The molecule has 1 aliphatic rings. The summed E-state index contributed by atoms with van der Waals surface area (Å²) in [5.41, 5.74) is 1.40. The minimum absolute atomic E-state index is 0.126. The van der Waals surface area contributed by atoms with Crippen molar-refractivity contribution < 1.29 is 19.1 Å². The predicted molar refractivity (Wildman–Crippen MR) is 99.5 cm³/mol. The third-order valence-corrected chi connectivity index (χ3v) is 4.43. The van der Waals surface area contributed by atoms with Gasteiger partial charge >= 0.3 is 5.97 Å². The lowest BCUT2D eigenvalue weighted by molar-refractivity contribution is -0.153. The number of hydrogen-bond acceptors (Lipinski definition) is 5. The number of fused-ring (bicyclic) bond motifs is 1. The topological polar surface area (TPSA) is 79.6 Å². The van der Waals surface area contributed by atoms with Crippen molar-refractivity contribution in [3.63, 3.8) is 0 Å². The normalized spacial score (nSPS) is 15.0. The number of esters is 1. The molecular formula is C20H17ClN2O4. The summed E-state index contributed by atoms with van der Waals surface area (Å²) >= 11 is 5.98. The fourth-order valence-corrected chi connectivity index (χ4v) is 3.04. The van der Waals surface area contributed by atoms with Crippen LogP contribution in [-0.4, -0.2) is 31.6 Å². The second-order valence-electron chi connectivity index (χ2n) is 6.05. The lowest BCUT2D eigenvalue weighted by atomic mass is 9.97. The van der Waals surface area contributed by atoms with Gasteiger partial charge in [-0.3, -0.25) is 14.5 Å². The molecule has 2 aromatic rings. The van der Waals surface area contributed by atoms with E-state index in [4.69, 9.17) is 26.3 Å². The van der Waals surface area contributed by atoms with Crippen molar-refractivity contribution in [2.45, 2.75) is 6.42 Å². The van der Waals surface area contributed by atoms with Crippen molar-refractivity contribution in [1.29, 1.82) is 5.26 Å². The predicted octanol–water partition coefficient (Wildman–Crippen LogP) is 2.99. The van der Waals surface area contributed by atoms with Gasteiger partial charge < -0.3 is 9.47 Å². The highest BCUT2D eigenvalue weighted by Crippen LogP contribution is 2.30. The van der Waals surface area contributed by atoms with E-state index in [9.17, 15) is 9.59 Å². The Bertz CT molecular complexity index is 879. The molecule has 0 radical (unpaired) electrons. The van der Waals surface area contributed by atoms with E-state index in [1.807, 2.05) is 12.1 Å². The van der Waals surface area contributed by atoms with Crippen LogP contribution < -0.4 is 9.64 Å². The number of nitriles is 1. The largest absolute Gasteiger partial charge is 0.492 e. The number of hydrogen-bond donors (Lipinski definition) is 0. The molecule has 0 saturated heterocycles. The minimum Gasteiger partial charge on any atom is -0.492 e. The Morgan fingerprint density at radius 2 is 2.04 bits per heavy atom. The number of anilines is 1. The number of rotatable bonds is 5. The highest BCUT2D eigenvalue weighted by atomic mass is 35.5. The van der Waals surface area contributed by atoms with E-state index in [-0.39, 0.29) is 13.2 Å². The van der Waals surface area contributed by atoms with Gasteiger partial charge in [0.2, 0.25) is 0 Å². The van der Waals surface area contributed by atoms with Crippen LogP contribution in [0.25, 0.3) is 0 Å². The van der Waals surface area contributed by atoms with Crippen LogP contribution in [0.2, 0.25) is 5.02 Å². The fraction of sp³-hybridized carbons (Fsp3) is 0.250. The average molecular weight is 385 g/mol. The van der Waals surface area contributed by atoms with Crippen LogP contribution >= 0.6 is 11.6 Å². The van der Waals surface area contributed by atoms with Gasteiger partial charge in [-0.2, -0.15) is 5.26 Å². The monoisotopic (exact) mass is 384 g/mol. The number of nitrogens with zero attached hydrogens (tertiary/aromatic N) is 2. The van der Waals surface area contributed by atoms with Gasteiger partial charge in [0.25, 0.3) is 5.91 Å². The SMILES string of the molecule is N#CCN(C(=O)COC(=O)C1COc2ccc(Cl)cc2C1)c1ccccc1. The van der Waals surface area contributed by atoms with E-state index < -0.39 is 24.4 Å². The zero-order chi connectivity index (χ0) is 19.2. The number of amides is 1. The molecule has 138 valence electrons. The molecule has 0 spiro atoms. The second kappa shape index (κ2) is 8.56. The summed E-state index contributed by atoms with van der Waals surface area (Å²) < 4.78 is 10.8. The van der Waals surface area contributed by atoms with Crippen molar-refractivity contribution in [2.75, 3.05) is 24.7 Å². The molecule has 6 nitrogen and oxygen atoms in total. The summed E-state index contributed by atoms with van der Waals surface area (Å²) in [6, 6.07) is 16.0. The average Bonchev–Trinajstić information content (AvgIpc) is 2.70. The molecule has 7 heteroatoms. The number of halogens is 1. The molecule has 27 heavy (non-hydrogen) atoms. The maximum absolute atomic E-state index is 12.4. The second-order valence-corrected chi connectivity index (χ2v) is 6.48. The molecular weight excluding hydrogens is 368 g/mol. The van der Waals surface area contributed by atoms with E-state index in [0.717, 1.165) is 5.56 Å². The van der Waals surface area contributed by atoms with Gasteiger partial charge in [-0.05, 0) is 42.3 Å². The van der Waals surface area contributed by atoms with Crippen molar-refractivity contribution in [3.05, 3.63) is 59.1 Å². The maximum atomic E-state index is 12.4. The Hall–Kier alpha value is -3.04. The number of ether oxygens (including phenoxy) is 2. The van der Waals surface area contributed by atoms with Gasteiger partial charge in [-0.25, -0.2) is 0 Å². The van der Waals surface area contributed by atoms with Gasteiger partial charge in [-0.1, -0.05) is 29.8 Å². The fourth-order valence-electron chi connectivity index (χ4n) is 2.85. The maximum Gasteiger partial charge on any atom is 0.313 e. The standard InChI is InChI=1S/C20H17ClN2O4/c21-16-6-7-18-14(11-16)10-15(12-26-18)20(25)27-13-19(24)23(9-8-22)17-4-2-1-3-5-17/h1-7,11,15H,9-10,12-13H2. The first kappa shape index (κ1) is 18.7. The van der Waals surface area contributed by atoms with Crippen molar-refractivity contribution in [3.8, 4) is 11.8 Å². The Kier molecular flexibility index (Phi) is 5.94. The summed E-state index contributed by atoms with van der Waals surface area (Å²) in [5, 5.41) is 9.53. The lowest BCUT2D eigenvalue weighted by Crippen LogP contribution is -2.37. The van der Waals surface area contributed by atoms with Crippen molar-refractivity contribution in [1.82, 2.24) is 0 Å². The van der Waals surface area contributed by atoms with E-state index in [1.165, 1.54) is 4.90 Å². The smallest absolute Gasteiger partial charge is 0.313 e. The Morgan fingerprint density at radius 3 is 2.78 bits per heavy atom. The first-order valence-corrected chi connectivity index (χ1v) is 8.76. The molecule has 0 N–H and O–H groups in total. The van der Waals surface area contributed by atoms with Crippen molar-refractivity contribution in [2.24, 2.45) is 5.92 Å². The summed E-state index contributed by atoms with van der Waals surface area (Å²) in [6.45, 7) is -0.380. The molecule has 1 aliphatic heterocycles. The first-order chi connectivity index (χ1) is 13.1. The lowest BCUT2D eigenvalue weighted by Gasteiger charge is -2.25. The Morgan fingerprint density at radius 1 is 1.26 bits per heavy atom. The van der Waals surface area contributed by atoms with Gasteiger partial charge in [0.15, 0.2) is 6.61 Å². The molecule has 1 atom stereocenters. The zero-order valence-electron chi connectivity index (χ0n) is 14.4. The summed E-state index contributed by atoms with van der Waals surface area (Å²) in [6.07, 6.45) is 0.434. The first-order valence-electron chi connectivity index (χ1n) is 8.38. The number of carbonyl (C=O) groups is 2. The van der Waals surface area contributed by atoms with E-state index in [1.54, 1.807) is 42.5 Å². The highest BCUT2D eigenvalue weighted by molar-refractivity contribution is 6.30. The van der Waals surface area contributed by atoms with Crippen LogP contribution in [0.1, 0.15) is 5.56 Å². The highest BCUT2D eigenvalue weighted by Gasteiger charge is 2.28. The van der Waals surface area contributed by atoms with Crippen LogP contribution in [0.15, 0.2) is 48.5 Å². The van der Waals surface area contributed by atoms with Crippen LogP contribution in [0.5, 0.6) is 5.75 Å². The molecule has 2 aromatic carbocycles. The number of benzene rings is 2. The van der Waals surface area contributed by atoms with E-state index >= 15 is 0 Å². The quantitative estimate of drug-likeness (QED) is 0.584. The molecule has 1 unspecified atom stereocenters. The van der Waals surface area contributed by atoms with Crippen LogP contribution in [0.4, 0.5) is 5.69 Å². The van der Waals surface area contributed by atoms with Gasteiger partial charge in [0, 0.05) is 10.7 Å². The Labute approximate surface area is 161 Å².